The first-order valence-electron chi connectivity index (χ1n) is 4.44. The third-order valence-electron chi connectivity index (χ3n) is 2.35. The van der Waals surface area contributed by atoms with Gasteiger partial charge in [-0.15, -0.1) is 0 Å². The van der Waals surface area contributed by atoms with Crippen LogP contribution in [-0.2, 0) is 23.8 Å². The van der Waals surface area contributed by atoms with Crippen molar-refractivity contribution in [2.75, 3.05) is 27.4 Å². The summed E-state index contributed by atoms with van der Waals surface area (Å²) in [6.07, 6.45) is 0.689. The van der Waals surface area contributed by atoms with Crippen LogP contribution in [0, 0.1) is 11.8 Å². The Morgan fingerprint density at radius 2 is 1.86 bits per heavy atom. The van der Waals surface area contributed by atoms with E-state index in [2.05, 4.69) is 9.47 Å². The lowest BCUT2D eigenvalue weighted by Gasteiger charge is -2.16. The molecule has 1 heterocycles. The fourth-order valence-corrected chi connectivity index (χ4v) is 1.55. The predicted octanol–water partition coefficient (Wildman–Crippen LogP) is -0.0149. The van der Waals surface area contributed by atoms with Gasteiger partial charge < -0.3 is 14.2 Å². The Kier molecular flexibility index (Phi) is 3.88. The number of methoxy groups -OCH3 is 2. The van der Waals surface area contributed by atoms with Gasteiger partial charge in [-0.1, -0.05) is 0 Å². The van der Waals surface area contributed by atoms with Gasteiger partial charge in [-0.3, -0.25) is 9.59 Å². The van der Waals surface area contributed by atoms with Crippen molar-refractivity contribution in [1.82, 2.24) is 0 Å². The maximum atomic E-state index is 11.3. The molecular formula is C9H14O5. The summed E-state index contributed by atoms with van der Waals surface area (Å²) in [5.41, 5.74) is 0. The molecule has 1 fully saturated rings. The van der Waals surface area contributed by atoms with Gasteiger partial charge in [-0.05, 0) is 6.42 Å². The molecule has 0 aliphatic carbocycles. The highest BCUT2D eigenvalue weighted by atomic mass is 16.5. The molecule has 1 saturated heterocycles. The molecule has 1 rings (SSSR count). The van der Waals surface area contributed by atoms with Crippen molar-refractivity contribution in [2.45, 2.75) is 6.42 Å². The molecule has 0 aromatic heterocycles. The van der Waals surface area contributed by atoms with Crippen molar-refractivity contribution < 1.29 is 23.8 Å². The molecule has 0 spiro atoms. The highest BCUT2D eigenvalue weighted by Crippen LogP contribution is 2.24. The lowest BCUT2D eigenvalue weighted by Crippen LogP contribution is -2.33. The van der Waals surface area contributed by atoms with Crippen molar-refractivity contribution in [3.8, 4) is 0 Å². The van der Waals surface area contributed by atoms with E-state index in [4.69, 9.17) is 4.74 Å². The van der Waals surface area contributed by atoms with Crippen molar-refractivity contribution in [2.24, 2.45) is 11.8 Å². The molecule has 1 unspecified atom stereocenters. The molecule has 0 amide bonds. The van der Waals surface area contributed by atoms with Crippen LogP contribution in [0.2, 0.25) is 0 Å². The standard InChI is InChI=1S/C9H14O5/c1-12-8(10)7(9(11)13-2)6-3-4-14-5-6/h6-7H,3-5H2,1-2H3. The summed E-state index contributed by atoms with van der Waals surface area (Å²) in [6.45, 7) is 0.990. The number of ether oxygens (including phenoxy) is 3. The van der Waals surface area contributed by atoms with Crippen LogP contribution < -0.4 is 0 Å². The van der Waals surface area contributed by atoms with Crippen LogP contribution in [0.3, 0.4) is 0 Å². The predicted molar refractivity (Wildman–Crippen MR) is 46.4 cm³/mol. The first-order chi connectivity index (χ1) is 6.70. The van der Waals surface area contributed by atoms with Crippen molar-refractivity contribution in [3.63, 3.8) is 0 Å². The molecule has 14 heavy (non-hydrogen) atoms. The second kappa shape index (κ2) is 4.95. The summed E-state index contributed by atoms with van der Waals surface area (Å²) in [5.74, 6) is -2.05. The zero-order valence-corrected chi connectivity index (χ0v) is 8.32. The Morgan fingerprint density at radius 3 is 2.21 bits per heavy atom. The third-order valence-corrected chi connectivity index (χ3v) is 2.35. The van der Waals surface area contributed by atoms with Crippen molar-refractivity contribution in [1.29, 1.82) is 0 Å². The number of carbonyl (C=O) groups excluding carboxylic acids is 2. The first kappa shape index (κ1) is 11.0. The highest BCUT2D eigenvalue weighted by molar-refractivity contribution is 5.95. The lowest BCUT2D eigenvalue weighted by molar-refractivity contribution is -0.161. The second-order valence-electron chi connectivity index (χ2n) is 3.15. The number of hydrogen-bond acceptors (Lipinski definition) is 5. The molecule has 0 N–H and O–H groups in total. The SMILES string of the molecule is COC(=O)C(C(=O)OC)C1CCOC1. The molecule has 0 bridgehead atoms. The summed E-state index contributed by atoms with van der Waals surface area (Å²) < 4.78 is 14.2. The molecule has 1 atom stereocenters. The largest absolute Gasteiger partial charge is 0.468 e. The lowest BCUT2D eigenvalue weighted by atomic mass is 9.92. The second-order valence-corrected chi connectivity index (χ2v) is 3.15. The fraction of sp³-hybridized carbons (Fsp3) is 0.778. The number of rotatable bonds is 3. The van der Waals surface area contributed by atoms with Crippen LogP contribution in [0.25, 0.3) is 0 Å². The van der Waals surface area contributed by atoms with Gasteiger partial charge in [0.05, 0.1) is 20.8 Å². The summed E-state index contributed by atoms with van der Waals surface area (Å²) in [7, 11) is 2.52. The van der Waals surface area contributed by atoms with E-state index in [1.165, 1.54) is 14.2 Å². The molecule has 5 nitrogen and oxygen atoms in total. The van der Waals surface area contributed by atoms with Gasteiger partial charge in [0.15, 0.2) is 5.92 Å². The number of esters is 2. The summed E-state index contributed by atoms with van der Waals surface area (Å²) in [6, 6.07) is 0. The van der Waals surface area contributed by atoms with E-state index in [1.807, 2.05) is 0 Å². The minimum Gasteiger partial charge on any atom is -0.468 e. The van der Waals surface area contributed by atoms with Crippen LogP contribution >= 0.6 is 0 Å². The maximum Gasteiger partial charge on any atom is 0.320 e. The van der Waals surface area contributed by atoms with Gasteiger partial charge >= 0.3 is 11.9 Å². The zero-order chi connectivity index (χ0) is 10.6. The average molecular weight is 202 g/mol. The summed E-state index contributed by atoms with van der Waals surface area (Å²) in [5, 5.41) is 0. The molecule has 1 aliphatic rings. The van der Waals surface area contributed by atoms with Gasteiger partial charge in [-0.2, -0.15) is 0 Å². The molecule has 1 aliphatic heterocycles. The van der Waals surface area contributed by atoms with E-state index < -0.39 is 17.9 Å². The molecule has 5 heteroatoms. The van der Waals surface area contributed by atoms with Crippen LogP contribution in [0.1, 0.15) is 6.42 Å². The fourth-order valence-electron chi connectivity index (χ4n) is 1.55. The van der Waals surface area contributed by atoms with E-state index in [-0.39, 0.29) is 5.92 Å². The van der Waals surface area contributed by atoms with Gasteiger partial charge in [0.1, 0.15) is 0 Å². The van der Waals surface area contributed by atoms with Gasteiger partial charge in [0.2, 0.25) is 0 Å². The molecule has 0 radical (unpaired) electrons. The maximum absolute atomic E-state index is 11.3. The van der Waals surface area contributed by atoms with Crippen LogP contribution in [0.15, 0.2) is 0 Å². The van der Waals surface area contributed by atoms with E-state index in [0.717, 1.165) is 0 Å². The van der Waals surface area contributed by atoms with Crippen molar-refractivity contribution in [3.05, 3.63) is 0 Å². The topological polar surface area (TPSA) is 61.8 Å². The smallest absolute Gasteiger partial charge is 0.320 e. The Bertz CT molecular complexity index is 203. The van der Waals surface area contributed by atoms with Gasteiger partial charge in [-0.25, -0.2) is 0 Å². The van der Waals surface area contributed by atoms with E-state index in [1.54, 1.807) is 0 Å². The molecular weight excluding hydrogens is 188 g/mol. The molecule has 0 saturated carbocycles. The molecule has 80 valence electrons. The van der Waals surface area contributed by atoms with E-state index in [9.17, 15) is 9.59 Å². The van der Waals surface area contributed by atoms with E-state index >= 15 is 0 Å². The van der Waals surface area contributed by atoms with Crippen molar-refractivity contribution >= 4 is 11.9 Å². The summed E-state index contributed by atoms with van der Waals surface area (Å²) in [4.78, 5) is 22.6. The van der Waals surface area contributed by atoms with Gasteiger partial charge in [0.25, 0.3) is 0 Å². The van der Waals surface area contributed by atoms with Crippen LogP contribution in [-0.4, -0.2) is 39.4 Å². The Labute approximate surface area is 82.3 Å². The number of hydrogen-bond donors (Lipinski definition) is 0. The van der Waals surface area contributed by atoms with Gasteiger partial charge in [0, 0.05) is 12.5 Å². The normalized spacial score (nSPS) is 20.9. The zero-order valence-electron chi connectivity index (χ0n) is 8.32. The Morgan fingerprint density at radius 1 is 1.29 bits per heavy atom. The first-order valence-corrected chi connectivity index (χ1v) is 4.44. The van der Waals surface area contributed by atoms with Crippen LogP contribution in [0.4, 0.5) is 0 Å². The quantitative estimate of drug-likeness (QED) is 0.475. The van der Waals surface area contributed by atoms with Crippen LogP contribution in [0.5, 0.6) is 0 Å². The third kappa shape index (κ3) is 2.23. The average Bonchev–Trinajstić information content (AvgIpc) is 2.70. The Hall–Kier alpha value is -1.10. The Balaban J connectivity index is 2.69. The van der Waals surface area contributed by atoms with E-state index in [0.29, 0.717) is 19.6 Å². The minimum absolute atomic E-state index is 0.116. The summed E-state index contributed by atoms with van der Waals surface area (Å²) >= 11 is 0. The highest BCUT2D eigenvalue weighted by Gasteiger charge is 2.38. The molecule has 0 aromatic rings. The molecule has 0 aromatic carbocycles. The minimum atomic E-state index is -0.840. The number of carbonyl (C=O) groups is 2. The monoisotopic (exact) mass is 202 g/mol.